The van der Waals surface area contributed by atoms with Gasteiger partial charge in [0.15, 0.2) is 12.4 Å². The smallest absolute Gasteiger partial charge is 0.262 e. The molecular formula is C22H19NO3. The fourth-order valence-corrected chi connectivity index (χ4v) is 2.51. The second-order valence-corrected chi connectivity index (χ2v) is 5.86. The van der Waals surface area contributed by atoms with E-state index in [0.717, 1.165) is 11.1 Å². The standard InChI is InChI=1S/C22H19NO3/c1-16(24)17-9-13-21(14-10-17)26-15-22(25)23-20-11-7-19(8-12-20)18-5-3-2-4-6-18/h2-14H,15H2,1H3,(H,23,25). The predicted molar refractivity (Wildman–Crippen MR) is 102 cm³/mol. The van der Waals surface area contributed by atoms with Gasteiger partial charge in [0, 0.05) is 11.3 Å². The first-order chi connectivity index (χ1) is 12.6. The van der Waals surface area contributed by atoms with Crippen molar-refractivity contribution in [3.63, 3.8) is 0 Å². The number of carbonyl (C=O) groups is 2. The number of ketones is 1. The number of Topliss-reactive ketones (excluding diaryl/α,β-unsaturated/α-hetero) is 1. The Bertz CT molecular complexity index is 885. The average Bonchev–Trinajstić information content (AvgIpc) is 2.68. The first kappa shape index (κ1) is 17.4. The third-order valence-electron chi connectivity index (χ3n) is 3.91. The topological polar surface area (TPSA) is 55.4 Å². The van der Waals surface area contributed by atoms with E-state index < -0.39 is 0 Å². The van der Waals surface area contributed by atoms with Crippen molar-refractivity contribution in [1.29, 1.82) is 0 Å². The number of hydrogen-bond donors (Lipinski definition) is 1. The molecule has 0 aliphatic carbocycles. The van der Waals surface area contributed by atoms with Crippen LogP contribution >= 0.6 is 0 Å². The van der Waals surface area contributed by atoms with E-state index in [0.29, 0.717) is 17.0 Å². The molecule has 0 fully saturated rings. The van der Waals surface area contributed by atoms with E-state index in [4.69, 9.17) is 4.74 Å². The maximum atomic E-state index is 12.0. The molecule has 0 radical (unpaired) electrons. The van der Waals surface area contributed by atoms with Crippen molar-refractivity contribution in [1.82, 2.24) is 0 Å². The first-order valence-electron chi connectivity index (χ1n) is 8.31. The quantitative estimate of drug-likeness (QED) is 0.666. The zero-order chi connectivity index (χ0) is 18.4. The van der Waals surface area contributed by atoms with E-state index in [-0.39, 0.29) is 18.3 Å². The molecule has 1 N–H and O–H groups in total. The molecule has 0 aliphatic heterocycles. The van der Waals surface area contributed by atoms with E-state index in [2.05, 4.69) is 5.32 Å². The molecule has 26 heavy (non-hydrogen) atoms. The van der Waals surface area contributed by atoms with Crippen molar-refractivity contribution in [2.24, 2.45) is 0 Å². The molecule has 1 amide bonds. The minimum absolute atomic E-state index is 0.00626. The van der Waals surface area contributed by atoms with Gasteiger partial charge in [0.05, 0.1) is 0 Å². The Balaban J connectivity index is 1.54. The molecule has 3 aromatic rings. The van der Waals surface area contributed by atoms with Crippen LogP contribution in [0.2, 0.25) is 0 Å². The number of benzene rings is 3. The van der Waals surface area contributed by atoms with E-state index in [1.54, 1.807) is 24.3 Å². The van der Waals surface area contributed by atoms with Crippen LogP contribution in [-0.2, 0) is 4.79 Å². The van der Waals surface area contributed by atoms with Crippen molar-refractivity contribution < 1.29 is 14.3 Å². The lowest BCUT2D eigenvalue weighted by atomic mass is 10.1. The fourth-order valence-electron chi connectivity index (χ4n) is 2.51. The molecule has 0 aliphatic rings. The van der Waals surface area contributed by atoms with E-state index in [1.807, 2.05) is 54.6 Å². The average molecular weight is 345 g/mol. The highest BCUT2D eigenvalue weighted by Crippen LogP contribution is 2.21. The maximum absolute atomic E-state index is 12.0. The van der Waals surface area contributed by atoms with Crippen LogP contribution in [0.4, 0.5) is 5.69 Å². The Morgan fingerprint density at radius 2 is 1.42 bits per heavy atom. The van der Waals surface area contributed by atoms with Crippen LogP contribution in [0.5, 0.6) is 5.75 Å². The van der Waals surface area contributed by atoms with Gasteiger partial charge in [-0.05, 0) is 54.4 Å². The van der Waals surface area contributed by atoms with Crippen LogP contribution < -0.4 is 10.1 Å². The predicted octanol–water partition coefficient (Wildman–Crippen LogP) is 4.57. The number of ether oxygens (including phenoxy) is 1. The van der Waals surface area contributed by atoms with E-state index >= 15 is 0 Å². The summed E-state index contributed by atoms with van der Waals surface area (Å²) in [5.41, 5.74) is 3.54. The molecular weight excluding hydrogens is 326 g/mol. The van der Waals surface area contributed by atoms with Crippen molar-refractivity contribution >= 4 is 17.4 Å². The lowest BCUT2D eigenvalue weighted by molar-refractivity contribution is -0.118. The van der Waals surface area contributed by atoms with Crippen molar-refractivity contribution in [3.8, 4) is 16.9 Å². The third-order valence-corrected chi connectivity index (χ3v) is 3.91. The molecule has 0 bridgehead atoms. The molecule has 130 valence electrons. The van der Waals surface area contributed by atoms with Gasteiger partial charge in [-0.15, -0.1) is 0 Å². The number of amides is 1. The van der Waals surface area contributed by atoms with Gasteiger partial charge in [-0.1, -0.05) is 42.5 Å². The van der Waals surface area contributed by atoms with Crippen LogP contribution in [0.25, 0.3) is 11.1 Å². The molecule has 0 spiro atoms. The number of carbonyl (C=O) groups excluding carboxylic acids is 2. The summed E-state index contributed by atoms with van der Waals surface area (Å²) in [6.45, 7) is 1.41. The minimum atomic E-state index is -0.242. The molecule has 4 heteroatoms. The normalized spacial score (nSPS) is 10.2. The molecule has 0 saturated heterocycles. The van der Waals surface area contributed by atoms with E-state index in [1.165, 1.54) is 6.92 Å². The van der Waals surface area contributed by atoms with Crippen LogP contribution in [0, 0.1) is 0 Å². The zero-order valence-corrected chi connectivity index (χ0v) is 14.4. The van der Waals surface area contributed by atoms with Gasteiger partial charge < -0.3 is 10.1 Å². The van der Waals surface area contributed by atoms with Crippen LogP contribution in [0.15, 0.2) is 78.9 Å². The summed E-state index contributed by atoms with van der Waals surface area (Å²) in [5, 5.41) is 2.80. The molecule has 3 rings (SSSR count). The minimum Gasteiger partial charge on any atom is -0.484 e. The number of hydrogen-bond acceptors (Lipinski definition) is 3. The van der Waals surface area contributed by atoms with Gasteiger partial charge in [-0.25, -0.2) is 0 Å². The highest BCUT2D eigenvalue weighted by molar-refractivity contribution is 5.94. The Hall–Kier alpha value is -3.40. The summed E-state index contributed by atoms with van der Waals surface area (Å²) < 4.78 is 5.44. The summed E-state index contributed by atoms with van der Waals surface area (Å²) in [4.78, 5) is 23.3. The van der Waals surface area contributed by atoms with Crippen molar-refractivity contribution in [2.75, 3.05) is 11.9 Å². The molecule has 0 unspecified atom stereocenters. The van der Waals surface area contributed by atoms with Crippen LogP contribution in [0.3, 0.4) is 0 Å². The summed E-state index contributed by atoms with van der Waals surface area (Å²) in [5.74, 6) is 0.297. The summed E-state index contributed by atoms with van der Waals surface area (Å²) in [6, 6.07) is 24.4. The third kappa shape index (κ3) is 4.57. The lowest BCUT2D eigenvalue weighted by Crippen LogP contribution is -2.20. The molecule has 0 saturated carbocycles. The summed E-state index contributed by atoms with van der Waals surface area (Å²) in [6.07, 6.45) is 0. The number of nitrogens with one attached hydrogen (secondary N) is 1. The summed E-state index contributed by atoms with van der Waals surface area (Å²) >= 11 is 0. The second-order valence-electron chi connectivity index (χ2n) is 5.86. The zero-order valence-electron chi connectivity index (χ0n) is 14.4. The van der Waals surface area contributed by atoms with Gasteiger partial charge in [0.2, 0.25) is 0 Å². The van der Waals surface area contributed by atoms with Crippen molar-refractivity contribution in [2.45, 2.75) is 6.92 Å². The van der Waals surface area contributed by atoms with Gasteiger partial charge in [0.1, 0.15) is 5.75 Å². The Morgan fingerprint density at radius 1 is 0.808 bits per heavy atom. The second kappa shape index (κ2) is 8.12. The molecule has 0 heterocycles. The molecule has 3 aromatic carbocycles. The van der Waals surface area contributed by atoms with Gasteiger partial charge in [-0.2, -0.15) is 0 Å². The van der Waals surface area contributed by atoms with Gasteiger partial charge in [-0.3, -0.25) is 9.59 Å². The SMILES string of the molecule is CC(=O)c1ccc(OCC(=O)Nc2ccc(-c3ccccc3)cc2)cc1. The lowest BCUT2D eigenvalue weighted by Gasteiger charge is -2.09. The van der Waals surface area contributed by atoms with E-state index in [9.17, 15) is 9.59 Å². The number of anilines is 1. The Labute approximate surface area is 152 Å². The maximum Gasteiger partial charge on any atom is 0.262 e. The summed E-state index contributed by atoms with van der Waals surface area (Å²) in [7, 11) is 0. The number of rotatable bonds is 6. The fraction of sp³-hybridized carbons (Fsp3) is 0.0909. The van der Waals surface area contributed by atoms with Crippen LogP contribution in [-0.4, -0.2) is 18.3 Å². The highest BCUT2D eigenvalue weighted by Gasteiger charge is 2.05. The molecule has 4 nitrogen and oxygen atoms in total. The van der Waals surface area contributed by atoms with Crippen molar-refractivity contribution in [3.05, 3.63) is 84.4 Å². The monoisotopic (exact) mass is 345 g/mol. The largest absolute Gasteiger partial charge is 0.484 e. The Kier molecular flexibility index (Phi) is 5.44. The van der Waals surface area contributed by atoms with Gasteiger partial charge in [0.25, 0.3) is 5.91 Å². The van der Waals surface area contributed by atoms with Crippen LogP contribution in [0.1, 0.15) is 17.3 Å². The molecule has 0 aromatic heterocycles. The highest BCUT2D eigenvalue weighted by atomic mass is 16.5. The first-order valence-corrected chi connectivity index (χ1v) is 8.31. The van der Waals surface area contributed by atoms with Gasteiger partial charge >= 0.3 is 0 Å². The Morgan fingerprint density at radius 3 is 2.04 bits per heavy atom. The molecule has 0 atom stereocenters.